The Morgan fingerprint density at radius 1 is 1.70 bits per heavy atom. The van der Waals surface area contributed by atoms with Gasteiger partial charge >= 0.3 is 0 Å². The van der Waals surface area contributed by atoms with E-state index in [2.05, 4.69) is 11.4 Å². The third-order valence-corrected chi connectivity index (χ3v) is 2.00. The maximum atomic E-state index is 6.98. The van der Waals surface area contributed by atoms with E-state index in [-0.39, 0.29) is 5.84 Å². The molecule has 0 atom stereocenters. The Hall–Kier alpha value is -0.830. The van der Waals surface area contributed by atoms with Crippen LogP contribution in [0.25, 0.3) is 0 Å². The molecule has 0 spiro atoms. The van der Waals surface area contributed by atoms with Gasteiger partial charge < -0.3 is 5.73 Å². The highest BCUT2D eigenvalue weighted by Gasteiger charge is 1.93. The van der Waals surface area contributed by atoms with Gasteiger partial charge in [0.25, 0.3) is 0 Å². The molecule has 0 unspecified atom stereocenters. The van der Waals surface area contributed by atoms with Crippen molar-refractivity contribution in [2.75, 3.05) is 0 Å². The van der Waals surface area contributed by atoms with Crippen molar-refractivity contribution in [1.82, 2.24) is 0 Å². The standard InChI is InChI=1S/C7H10N2S/c8-7(9)2-1-6-3-4-10-5-6/h3-5H,1-2H2,(H3,8,9). The summed E-state index contributed by atoms with van der Waals surface area (Å²) >= 11 is 1.68. The van der Waals surface area contributed by atoms with Crippen molar-refractivity contribution in [3.05, 3.63) is 22.4 Å². The summed E-state index contributed by atoms with van der Waals surface area (Å²) in [6, 6.07) is 2.06. The molecule has 0 radical (unpaired) electrons. The Morgan fingerprint density at radius 2 is 2.50 bits per heavy atom. The second-order valence-electron chi connectivity index (χ2n) is 2.16. The average Bonchev–Trinajstić information content (AvgIpc) is 2.34. The molecule has 0 aliphatic heterocycles. The summed E-state index contributed by atoms with van der Waals surface area (Å²) in [4.78, 5) is 0. The number of hydrogen-bond acceptors (Lipinski definition) is 2. The second kappa shape index (κ2) is 3.37. The van der Waals surface area contributed by atoms with Gasteiger partial charge in [-0.05, 0) is 28.8 Å². The second-order valence-corrected chi connectivity index (χ2v) is 2.94. The molecule has 3 heteroatoms. The van der Waals surface area contributed by atoms with Gasteiger partial charge in [-0.25, -0.2) is 0 Å². The third-order valence-electron chi connectivity index (χ3n) is 1.26. The zero-order chi connectivity index (χ0) is 7.40. The molecular formula is C7H10N2S. The summed E-state index contributed by atoms with van der Waals surface area (Å²) in [5.41, 5.74) is 6.47. The van der Waals surface area contributed by atoms with Crippen LogP contribution in [0.3, 0.4) is 0 Å². The first-order valence-electron chi connectivity index (χ1n) is 3.13. The number of nitrogens with one attached hydrogen (secondary N) is 1. The Bertz CT molecular complexity index is 203. The molecule has 0 aliphatic carbocycles. The van der Waals surface area contributed by atoms with Crippen molar-refractivity contribution >= 4 is 17.2 Å². The van der Waals surface area contributed by atoms with Crippen molar-refractivity contribution in [3.8, 4) is 0 Å². The molecule has 0 amide bonds. The minimum atomic E-state index is 0.270. The molecule has 1 aromatic rings. The van der Waals surface area contributed by atoms with Crippen LogP contribution in [0.5, 0.6) is 0 Å². The quantitative estimate of drug-likeness (QED) is 0.504. The van der Waals surface area contributed by atoms with E-state index in [4.69, 9.17) is 11.1 Å². The number of hydrogen-bond donors (Lipinski definition) is 2. The molecule has 54 valence electrons. The van der Waals surface area contributed by atoms with E-state index in [0.29, 0.717) is 6.42 Å². The third kappa shape index (κ3) is 2.19. The Balaban J connectivity index is 2.35. The number of rotatable bonds is 3. The molecular weight excluding hydrogens is 144 g/mol. The summed E-state index contributed by atoms with van der Waals surface area (Å²) in [6.45, 7) is 0. The van der Waals surface area contributed by atoms with Crippen molar-refractivity contribution in [2.24, 2.45) is 5.73 Å². The Labute approximate surface area is 64.2 Å². The minimum Gasteiger partial charge on any atom is -0.388 e. The number of nitrogens with two attached hydrogens (primary N) is 1. The monoisotopic (exact) mass is 154 g/mol. The molecule has 0 saturated heterocycles. The summed E-state index contributed by atoms with van der Waals surface area (Å²) in [5, 5.41) is 11.1. The van der Waals surface area contributed by atoms with Crippen LogP contribution in [-0.2, 0) is 6.42 Å². The lowest BCUT2D eigenvalue weighted by Gasteiger charge is -1.93. The first-order chi connectivity index (χ1) is 4.79. The number of aryl methyl sites for hydroxylation is 1. The summed E-state index contributed by atoms with van der Waals surface area (Å²) in [5.74, 6) is 0.270. The zero-order valence-corrected chi connectivity index (χ0v) is 6.45. The van der Waals surface area contributed by atoms with Crippen LogP contribution in [0, 0.1) is 5.41 Å². The molecule has 1 heterocycles. The maximum Gasteiger partial charge on any atom is 0.0908 e. The fraction of sp³-hybridized carbons (Fsp3) is 0.286. The molecule has 2 nitrogen and oxygen atoms in total. The first-order valence-corrected chi connectivity index (χ1v) is 4.07. The van der Waals surface area contributed by atoms with Gasteiger partial charge in [0.05, 0.1) is 5.84 Å². The molecule has 0 aliphatic rings. The topological polar surface area (TPSA) is 49.9 Å². The van der Waals surface area contributed by atoms with E-state index < -0.39 is 0 Å². The summed E-state index contributed by atoms with van der Waals surface area (Å²) in [7, 11) is 0. The van der Waals surface area contributed by atoms with E-state index in [1.165, 1.54) is 5.56 Å². The van der Waals surface area contributed by atoms with Gasteiger partial charge in [0.15, 0.2) is 0 Å². The van der Waals surface area contributed by atoms with Crippen LogP contribution in [0.15, 0.2) is 16.8 Å². The Kier molecular flexibility index (Phi) is 2.45. The predicted octanol–water partition coefficient (Wildman–Crippen LogP) is 1.62. The number of thiophene rings is 1. The van der Waals surface area contributed by atoms with Crippen LogP contribution < -0.4 is 5.73 Å². The summed E-state index contributed by atoms with van der Waals surface area (Å²) < 4.78 is 0. The van der Waals surface area contributed by atoms with Gasteiger partial charge in [-0.3, -0.25) is 5.41 Å². The van der Waals surface area contributed by atoms with E-state index in [9.17, 15) is 0 Å². The maximum absolute atomic E-state index is 6.98. The fourth-order valence-electron chi connectivity index (χ4n) is 0.714. The highest BCUT2D eigenvalue weighted by molar-refractivity contribution is 7.07. The van der Waals surface area contributed by atoms with Gasteiger partial charge in [0, 0.05) is 6.42 Å². The van der Waals surface area contributed by atoms with Gasteiger partial charge in [-0.15, -0.1) is 0 Å². The van der Waals surface area contributed by atoms with E-state index in [1.807, 2.05) is 5.38 Å². The van der Waals surface area contributed by atoms with Crippen molar-refractivity contribution in [3.63, 3.8) is 0 Å². The lowest BCUT2D eigenvalue weighted by atomic mass is 10.2. The summed E-state index contributed by atoms with van der Waals surface area (Å²) in [6.07, 6.45) is 1.58. The van der Waals surface area contributed by atoms with Gasteiger partial charge in [-0.1, -0.05) is 0 Å². The molecule has 0 bridgehead atoms. The Morgan fingerprint density at radius 3 is 3.00 bits per heavy atom. The first kappa shape index (κ1) is 7.28. The van der Waals surface area contributed by atoms with Crippen molar-refractivity contribution in [2.45, 2.75) is 12.8 Å². The van der Waals surface area contributed by atoms with Gasteiger partial charge in [-0.2, -0.15) is 11.3 Å². The van der Waals surface area contributed by atoms with Crippen LogP contribution in [0.1, 0.15) is 12.0 Å². The largest absolute Gasteiger partial charge is 0.388 e. The van der Waals surface area contributed by atoms with Crippen molar-refractivity contribution in [1.29, 1.82) is 5.41 Å². The highest BCUT2D eigenvalue weighted by atomic mass is 32.1. The number of amidine groups is 1. The van der Waals surface area contributed by atoms with Crippen molar-refractivity contribution < 1.29 is 0 Å². The molecule has 0 fully saturated rings. The normalized spacial score (nSPS) is 9.60. The zero-order valence-electron chi connectivity index (χ0n) is 5.63. The molecule has 10 heavy (non-hydrogen) atoms. The average molecular weight is 154 g/mol. The van der Waals surface area contributed by atoms with E-state index in [1.54, 1.807) is 11.3 Å². The SMILES string of the molecule is N=C(N)CCc1ccsc1. The fourth-order valence-corrected chi connectivity index (χ4v) is 1.42. The lowest BCUT2D eigenvalue weighted by molar-refractivity contribution is 1.02. The van der Waals surface area contributed by atoms with Gasteiger partial charge in [0.1, 0.15) is 0 Å². The van der Waals surface area contributed by atoms with Crippen LogP contribution in [-0.4, -0.2) is 5.84 Å². The van der Waals surface area contributed by atoms with Crippen LogP contribution >= 0.6 is 11.3 Å². The smallest absolute Gasteiger partial charge is 0.0908 e. The molecule has 0 saturated carbocycles. The molecule has 3 N–H and O–H groups in total. The predicted molar refractivity (Wildman–Crippen MR) is 44.6 cm³/mol. The molecule has 1 aromatic heterocycles. The molecule has 1 rings (SSSR count). The lowest BCUT2D eigenvalue weighted by Crippen LogP contribution is -2.09. The minimum absolute atomic E-state index is 0.270. The highest BCUT2D eigenvalue weighted by Crippen LogP contribution is 2.07. The van der Waals surface area contributed by atoms with Crippen LogP contribution in [0.4, 0.5) is 0 Å². The van der Waals surface area contributed by atoms with Crippen LogP contribution in [0.2, 0.25) is 0 Å². The van der Waals surface area contributed by atoms with E-state index in [0.717, 1.165) is 6.42 Å². The van der Waals surface area contributed by atoms with E-state index >= 15 is 0 Å². The molecule has 0 aromatic carbocycles. The van der Waals surface area contributed by atoms with Gasteiger partial charge in [0.2, 0.25) is 0 Å².